The summed E-state index contributed by atoms with van der Waals surface area (Å²) in [6.07, 6.45) is 2.24. The quantitative estimate of drug-likeness (QED) is 0.796. The molecule has 0 aromatic heterocycles. The third kappa shape index (κ3) is 2.87. The lowest BCUT2D eigenvalue weighted by molar-refractivity contribution is -0.132. The highest BCUT2D eigenvalue weighted by Crippen LogP contribution is 2.19. The van der Waals surface area contributed by atoms with E-state index in [0.29, 0.717) is 0 Å². The van der Waals surface area contributed by atoms with Crippen molar-refractivity contribution >= 4 is 28.5 Å². The smallest absolute Gasteiger partial charge is 0.260 e. The van der Waals surface area contributed by atoms with Crippen molar-refractivity contribution in [1.29, 1.82) is 0 Å². The predicted molar refractivity (Wildman–Crippen MR) is 70.5 cm³/mol. The molecule has 4 heteroatoms. The molecular formula is C12H14INO2. The summed E-state index contributed by atoms with van der Waals surface area (Å²) in [7, 11) is 0. The van der Waals surface area contributed by atoms with Crippen LogP contribution < -0.4 is 4.74 Å². The van der Waals surface area contributed by atoms with Crippen molar-refractivity contribution in [3.05, 3.63) is 27.8 Å². The summed E-state index contributed by atoms with van der Waals surface area (Å²) in [5.41, 5.74) is 0. The van der Waals surface area contributed by atoms with Gasteiger partial charge in [0.1, 0.15) is 5.75 Å². The minimum Gasteiger partial charge on any atom is -0.483 e. The van der Waals surface area contributed by atoms with Gasteiger partial charge in [-0.3, -0.25) is 4.79 Å². The van der Waals surface area contributed by atoms with E-state index < -0.39 is 0 Å². The van der Waals surface area contributed by atoms with Crippen LogP contribution in [0.5, 0.6) is 5.75 Å². The largest absolute Gasteiger partial charge is 0.483 e. The number of hydrogen-bond donors (Lipinski definition) is 0. The molecule has 0 unspecified atom stereocenters. The zero-order valence-corrected chi connectivity index (χ0v) is 11.1. The van der Waals surface area contributed by atoms with Crippen molar-refractivity contribution in [3.63, 3.8) is 0 Å². The van der Waals surface area contributed by atoms with Crippen LogP contribution in [0, 0.1) is 3.57 Å². The molecule has 0 spiro atoms. The fraction of sp³-hybridized carbons (Fsp3) is 0.417. The molecule has 1 aliphatic heterocycles. The standard InChI is InChI=1S/C12H14INO2/c13-10-5-1-2-6-11(10)16-9-12(15)14-7-3-4-8-14/h1-2,5-6H,3-4,7-9H2. The molecule has 0 atom stereocenters. The molecule has 0 radical (unpaired) electrons. The van der Waals surface area contributed by atoms with Gasteiger partial charge in [0, 0.05) is 13.1 Å². The van der Waals surface area contributed by atoms with Crippen LogP contribution in [-0.2, 0) is 4.79 Å². The van der Waals surface area contributed by atoms with Crippen LogP contribution in [0.25, 0.3) is 0 Å². The van der Waals surface area contributed by atoms with Crippen molar-refractivity contribution in [2.45, 2.75) is 12.8 Å². The second-order valence-corrected chi connectivity index (χ2v) is 4.97. The summed E-state index contributed by atoms with van der Waals surface area (Å²) in [4.78, 5) is 13.6. The first-order chi connectivity index (χ1) is 7.77. The topological polar surface area (TPSA) is 29.5 Å². The van der Waals surface area contributed by atoms with Crippen LogP contribution >= 0.6 is 22.6 Å². The lowest BCUT2D eigenvalue weighted by Gasteiger charge is -2.15. The molecule has 1 saturated heterocycles. The van der Waals surface area contributed by atoms with E-state index in [0.717, 1.165) is 35.3 Å². The molecular weight excluding hydrogens is 317 g/mol. The molecule has 1 fully saturated rings. The summed E-state index contributed by atoms with van der Waals surface area (Å²) in [5.74, 6) is 0.882. The number of rotatable bonds is 3. The predicted octanol–water partition coefficient (Wildman–Crippen LogP) is 2.29. The Bertz CT molecular complexity index is 375. The third-order valence-corrected chi connectivity index (χ3v) is 3.54. The van der Waals surface area contributed by atoms with Gasteiger partial charge in [-0.05, 0) is 47.6 Å². The van der Waals surface area contributed by atoms with Crippen LogP contribution in [0.15, 0.2) is 24.3 Å². The molecule has 2 rings (SSSR count). The molecule has 1 aromatic carbocycles. The maximum Gasteiger partial charge on any atom is 0.260 e. The fourth-order valence-electron chi connectivity index (χ4n) is 1.76. The van der Waals surface area contributed by atoms with E-state index in [1.165, 1.54) is 0 Å². The molecule has 0 aliphatic carbocycles. The molecule has 0 N–H and O–H groups in total. The Kier molecular flexibility index (Phi) is 4.04. The minimum atomic E-state index is 0.0946. The Morgan fingerprint density at radius 3 is 2.69 bits per heavy atom. The van der Waals surface area contributed by atoms with Gasteiger partial charge < -0.3 is 9.64 Å². The van der Waals surface area contributed by atoms with E-state index in [2.05, 4.69) is 22.6 Å². The number of likely N-dealkylation sites (tertiary alicyclic amines) is 1. The first-order valence-electron chi connectivity index (χ1n) is 5.42. The lowest BCUT2D eigenvalue weighted by atomic mass is 10.3. The Balaban J connectivity index is 1.87. The van der Waals surface area contributed by atoms with E-state index in [1.54, 1.807) is 0 Å². The number of nitrogens with zero attached hydrogens (tertiary/aromatic N) is 1. The maximum absolute atomic E-state index is 11.7. The summed E-state index contributed by atoms with van der Waals surface area (Å²) in [6, 6.07) is 7.73. The monoisotopic (exact) mass is 331 g/mol. The Hall–Kier alpha value is -0.780. The minimum absolute atomic E-state index is 0.0946. The van der Waals surface area contributed by atoms with Crippen LogP contribution in [0.4, 0.5) is 0 Å². The van der Waals surface area contributed by atoms with Crippen molar-refractivity contribution in [2.24, 2.45) is 0 Å². The molecule has 1 amide bonds. The van der Waals surface area contributed by atoms with Crippen molar-refractivity contribution in [2.75, 3.05) is 19.7 Å². The first-order valence-corrected chi connectivity index (χ1v) is 6.50. The van der Waals surface area contributed by atoms with E-state index in [1.807, 2.05) is 29.2 Å². The van der Waals surface area contributed by atoms with Crippen molar-refractivity contribution in [3.8, 4) is 5.75 Å². The Morgan fingerprint density at radius 1 is 1.31 bits per heavy atom. The van der Waals surface area contributed by atoms with E-state index >= 15 is 0 Å². The highest BCUT2D eigenvalue weighted by atomic mass is 127. The summed E-state index contributed by atoms with van der Waals surface area (Å²) >= 11 is 2.21. The summed E-state index contributed by atoms with van der Waals surface area (Å²) < 4.78 is 6.55. The molecule has 1 aromatic rings. The van der Waals surface area contributed by atoms with Gasteiger partial charge in [-0.25, -0.2) is 0 Å². The van der Waals surface area contributed by atoms with Gasteiger partial charge in [0.2, 0.25) is 0 Å². The van der Waals surface area contributed by atoms with Gasteiger partial charge in [-0.15, -0.1) is 0 Å². The molecule has 16 heavy (non-hydrogen) atoms. The normalized spacial score (nSPS) is 15.2. The molecule has 1 aliphatic rings. The van der Waals surface area contributed by atoms with Gasteiger partial charge in [-0.1, -0.05) is 12.1 Å². The highest BCUT2D eigenvalue weighted by molar-refractivity contribution is 14.1. The van der Waals surface area contributed by atoms with E-state index in [9.17, 15) is 4.79 Å². The molecule has 86 valence electrons. The number of carbonyl (C=O) groups is 1. The number of carbonyl (C=O) groups excluding carboxylic acids is 1. The number of para-hydroxylation sites is 1. The van der Waals surface area contributed by atoms with E-state index in [4.69, 9.17) is 4.74 Å². The Labute approximate surface area is 109 Å². The first kappa shape index (κ1) is 11.7. The van der Waals surface area contributed by atoms with Crippen LogP contribution in [0.3, 0.4) is 0 Å². The number of hydrogen-bond acceptors (Lipinski definition) is 2. The number of benzene rings is 1. The van der Waals surface area contributed by atoms with Crippen molar-refractivity contribution < 1.29 is 9.53 Å². The zero-order chi connectivity index (χ0) is 11.4. The summed E-state index contributed by atoms with van der Waals surface area (Å²) in [5, 5.41) is 0. The second-order valence-electron chi connectivity index (χ2n) is 3.81. The zero-order valence-electron chi connectivity index (χ0n) is 8.99. The second kappa shape index (κ2) is 5.52. The van der Waals surface area contributed by atoms with Crippen LogP contribution in [0.1, 0.15) is 12.8 Å². The van der Waals surface area contributed by atoms with Gasteiger partial charge >= 0.3 is 0 Å². The van der Waals surface area contributed by atoms with Gasteiger partial charge in [-0.2, -0.15) is 0 Å². The lowest BCUT2D eigenvalue weighted by Crippen LogP contribution is -2.32. The number of ether oxygens (including phenoxy) is 1. The average Bonchev–Trinajstić information content (AvgIpc) is 2.81. The van der Waals surface area contributed by atoms with Crippen molar-refractivity contribution in [1.82, 2.24) is 4.90 Å². The highest BCUT2D eigenvalue weighted by Gasteiger charge is 2.18. The number of halogens is 1. The maximum atomic E-state index is 11.7. The SMILES string of the molecule is O=C(COc1ccccc1I)N1CCCC1. The van der Waals surface area contributed by atoms with Gasteiger partial charge in [0.05, 0.1) is 3.57 Å². The Morgan fingerprint density at radius 2 is 2.00 bits per heavy atom. The molecule has 0 saturated carbocycles. The fourth-order valence-corrected chi connectivity index (χ4v) is 2.30. The van der Waals surface area contributed by atoms with Crippen LogP contribution in [-0.4, -0.2) is 30.5 Å². The average molecular weight is 331 g/mol. The molecule has 1 heterocycles. The third-order valence-electron chi connectivity index (χ3n) is 2.65. The van der Waals surface area contributed by atoms with E-state index in [-0.39, 0.29) is 12.5 Å². The number of amides is 1. The summed E-state index contributed by atoms with van der Waals surface area (Å²) in [6.45, 7) is 1.92. The molecule has 3 nitrogen and oxygen atoms in total. The molecule has 0 bridgehead atoms. The van der Waals surface area contributed by atoms with Crippen LogP contribution in [0.2, 0.25) is 0 Å². The van der Waals surface area contributed by atoms with Gasteiger partial charge in [0.25, 0.3) is 5.91 Å². The van der Waals surface area contributed by atoms with Gasteiger partial charge in [0.15, 0.2) is 6.61 Å².